The van der Waals surface area contributed by atoms with Crippen LogP contribution in [0.3, 0.4) is 0 Å². The molecule has 0 fully saturated rings. The van der Waals surface area contributed by atoms with Crippen LogP contribution in [0.1, 0.15) is 16.7 Å². The normalized spacial score (nSPS) is 15.2. The lowest BCUT2D eigenvalue weighted by Gasteiger charge is -2.29. The van der Waals surface area contributed by atoms with Gasteiger partial charge in [0.25, 0.3) is 0 Å². The lowest BCUT2D eigenvalue weighted by atomic mass is 9.99. The highest BCUT2D eigenvalue weighted by Gasteiger charge is 2.17. The summed E-state index contributed by atoms with van der Waals surface area (Å²) in [5.41, 5.74) is 3.72. The van der Waals surface area contributed by atoms with E-state index in [4.69, 9.17) is 11.6 Å². The third kappa shape index (κ3) is 2.60. The fourth-order valence-electron chi connectivity index (χ4n) is 2.62. The monoisotopic (exact) mass is 273 g/mol. The van der Waals surface area contributed by atoms with Crippen LogP contribution in [0.4, 0.5) is 0 Å². The zero-order valence-corrected chi connectivity index (χ0v) is 11.4. The summed E-state index contributed by atoms with van der Waals surface area (Å²) in [7, 11) is 0. The molecule has 98 valence electrons. The van der Waals surface area contributed by atoms with Gasteiger partial charge in [-0.25, -0.2) is 0 Å². The Kier molecular flexibility index (Phi) is 3.45. The van der Waals surface area contributed by atoms with E-state index in [0.29, 0.717) is 5.02 Å². The summed E-state index contributed by atoms with van der Waals surface area (Å²) in [6.45, 7) is 2.69. The number of phenolic OH excluding ortho intramolecular Hbond substituents is 1. The van der Waals surface area contributed by atoms with E-state index in [9.17, 15) is 5.11 Å². The second-order valence-electron chi connectivity index (χ2n) is 4.98. The van der Waals surface area contributed by atoms with Gasteiger partial charge in [0.05, 0.1) is 5.02 Å². The Hall–Kier alpha value is -1.51. The van der Waals surface area contributed by atoms with Crippen molar-refractivity contribution in [2.45, 2.75) is 19.5 Å². The van der Waals surface area contributed by atoms with Crippen LogP contribution < -0.4 is 0 Å². The lowest BCUT2D eigenvalue weighted by molar-refractivity contribution is 0.242. The molecule has 2 aromatic rings. The van der Waals surface area contributed by atoms with Crippen molar-refractivity contribution in [3.05, 3.63) is 64.2 Å². The smallest absolute Gasteiger partial charge is 0.138 e. The second kappa shape index (κ2) is 5.24. The first kappa shape index (κ1) is 12.5. The molecule has 0 aromatic heterocycles. The number of hydrogen-bond donors (Lipinski definition) is 1. The Bertz CT molecular complexity index is 597. The highest BCUT2D eigenvalue weighted by atomic mass is 35.5. The van der Waals surface area contributed by atoms with E-state index in [1.165, 1.54) is 11.1 Å². The molecular formula is C16H16ClNO. The molecule has 0 radical (unpaired) electrons. The molecule has 2 aromatic carbocycles. The Labute approximate surface area is 118 Å². The number of para-hydroxylation sites is 1. The van der Waals surface area contributed by atoms with E-state index in [-0.39, 0.29) is 5.75 Å². The maximum atomic E-state index is 9.96. The zero-order valence-electron chi connectivity index (χ0n) is 10.6. The lowest BCUT2D eigenvalue weighted by Crippen LogP contribution is -2.29. The van der Waals surface area contributed by atoms with Crippen molar-refractivity contribution >= 4 is 11.6 Å². The minimum absolute atomic E-state index is 0.211. The molecule has 0 saturated heterocycles. The predicted molar refractivity (Wildman–Crippen MR) is 77.4 cm³/mol. The first-order valence-electron chi connectivity index (χ1n) is 6.49. The fourth-order valence-corrected chi connectivity index (χ4v) is 2.81. The summed E-state index contributed by atoms with van der Waals surface area (Å²) >= 11 is 5.94. The maximum Gasteiger partial charge on any atom is 0.138 e. The van der Waals surface area contributed by atoms with Gasteiger partial charge >= 0.3 is 0 Å². The van der Waals surface area contributed by atoms with Crippen molar-refractivity contribution in [2.75, 3.05) is 6.54 Å². The Morgan fingerprint density at radius 2 is 1.84 bits per heavy atom. The highest BCUT2D eigenvalue weighted by molar-refractivity contribution is 6.32. The van der Waals surface area contributed by atoms with Crippen LogP contribution in [0.25, 0.3) is 0 Å². The van der Waals surface area contributed by atoms with Gasteiger partial charge in [-0.1, -0.05) is 48.0 Å². The van der Waals surface area contributed by atoms with Crippen LogP contribution >= 0.6 is 11.6 Å². The quantitative estimate of drug-likeness (QED) is 0.904. The molecule has 1 aliphatic heterocycles. The van der Waals surface area contributed by atoms with E-state index in [1.807, 2.05) is 12.1 Å². The summed E-state index contributed by atoms with van der Waals surface area (Å²) in [4.78, 5) is 2.34. The van der Waals surface area contributed by atoms with Crippen LogP contribution in [0, 0.1) is 0 Å². The van der Waals surface area contributed by atoms with E-state index in [2.05, 4.69) is 29.2 Å². The molecule has 0 spiro atoms. The standard InChI is InChI=1S/C16H16ClNO/c17-15-7-3-6-14(16(15)19)11-18-9-8-12-4-1-2-5-13(12)10-18/h1-7,19H,8-11H2. The van der Waals surface area contributed by atoms with Gasteiger partial charge in [-0.2, -0.15) is 0 Å². The molecular weight excluding hydrogens is 258 g/mol. The van der Waals surface area contributed by atoms with Gasteiger partial charge in [-0.3, -0.25) is 4.90 Å². The van der Waals surface area contributed by atoms with Gasteiger partial charge in [-0.05, 0) is 23.6 Å². The number of fused-ring (bicyclic) bond motifs is 1. The van der Waals surface area contributed by atoms with Gasteiger partial charge in [-0.15, -0.1) is 0 Å². The van der Waals surface area contributed by atoms with Crippen molar-refractivity contribution in [1.82, 2.24) is 4.90 Å². The van der Waals surface area contributed by atoms with E-state index in [1.54, 1.807) is 6.07 Å². The average Bonchev–Trinajstić information content (AvgIpc) is 2.44. The number of hydrogen-bond acceptors (Lipinski definition) is 2. The van der Waals surface area contributed by atoms with Crippen LogP contribution in [0.5, 0.6) is 5.75 Å². The molecule has 0 aliphatic carbocycles. The molecule has 0 atom stereocenters. The number of rotatable bonds is 2. The number of aromatic hydroxyl groups is 1. The molecule has 0 unspecified atom stereocenters. The summed E-state index contributed by atoms with van der Waals surface area (Å²) < 4.78 is 0. The van der Waals surface area contributed by atoms with Crippen molar-refractivity contribution in [1.29, 1.82) is 0 Å². The van der Waals surface area contributed by atoms with Gasteiger partial charge in [0.1, 0.15) is 5.75 Å². The molecule has 3 heteroatoms. The number of benzene rings is 2. The second-order valence-corrected chi connectivity index (χ2v) is 5.38. The molecule has 1 N–H and O–H groups in total. The molecule has 2 nitrogen and oxygen atoms in total. The Morgan fingerprint density at radius 1 is 1.05 bits per heavy atom. The summed E-state index contributed by atoms with van der Waals surface area (Å²) in [5, 5.41) is 10.4. The zero-order chi connectivity index (χ0) is 13.2. The van der Waals surface area contributed by atoms with Crippen LogP contribution in [-0.4, -0.2) is 16.6 Å². The number of phenols is 1. The number of halogens is 1. The van der Waals surface area contributed by atoms with Crippen molar-refractivity contribution in [2.24, 2.45) is 0 Å². The Balaban J connectivity index is 1.77. The molecule has 0 amide bonds. The summed E-state index contributed by atoms with van der Waals surface area (Å²) in [6.07, 6.45) is 1.07. The largest absolute Gasteiger partial charge is 0.506 e. The van der Waals surface area contributed by atoms with Gasteiger partial charge < -0.3 is 5.11 Å². The van der Waals surface area contributed by atoms with Crippen molar-refractivity contribution in [3.63, 3.8) is 0 Å². The highest BCUT2D eigenvalue weighted by Crippen LogP contribution is 2.29. The third-order valence-electron chi connectivity index (χ3n) is 3.67. The topological polar surface area (TPSA) is 23.5 Å². The summed E-state index contributed by atoms with van der Waals surface area (Å²) in [6, 6.07) is 14.1. The molecule has 3 rings (SSSR count). The van der Waals surface area contributed by atoms with Crippen molar-refractivity contribution < 1.29 is 5.11 Å². The van der Waals surface area contributed by atoms with Crippen molar-refractivity contribution in [3.8, 4) is 5.75 Å². The molecule has 19 heavy (non-hydrogen) atoms. The first-order chi connectivity index (χ1) is 9.24. The third-order valence-corrected chi connectivity index (χ3v) is 3.98. The van der Waals surface area contributed by atoms with Crippen LogP contribution in [-0.2, 0) is 19.5 Å². The van der Waals surface area contributed by atoms with E-state index < -0.39 is 0 Å². The van der Waals surface area contributed by atoms with Crippen LogP contribution in [0.2, 0.25) is 5.02 Å². The van der Waals surface area contributed by atoms with E-state index in [0.717, 1.165) is 31.6 Å². The molecule has 1 aliphatic rings. The molecule has 0 saturated carbocycles. The SMILES string of the molecule is Oc1c(Cl)cccc1CN1CCc2ccccc2C1. The van der Waals surface area contributed by atoms with E-state index >= 15 is 0 Å². The molecule has 1 heterocycles. The summed E-state index contributed by atoms with van der Waals surface area (Å²) in [5.74, 6) is 0.211. The average molecular weight is 274 g/mol. The maximum absolute atomic E-state index is 9.96. The van der Waals surface area contributed by atoms with Gasteiger partial charge in [0.2, 0.25) is 0 Å². The van der Waals surface area contributed by atoms with Gasteiger partial charge in [0, 0.05) is 25.2 Å². The first-order valence-corrected chi connectivity index (χ1v) is 6.87. The fraction of sp³-hybridized carbons (Fsp3) is 0.250. The minimum atomic E-state index is 0.211. The Morgan fingerprint density at radius 3 is 2.68 bits per heavy atom. The van der Waals surface area contributed by atoms with Crippen LogP contribution in [0.15, 0.2) is 42.5 Å². The number of nitrogens with zero attached hydrogens (tertiary/aromatic N) is 1. The molecule has 0 bridgehead atoms. The minimum Gasteiger partial charge on any atom is -0.506 e. The predicted octanol–water partition coefficient (Wildman–Crippen LogP) is 3.60. The van der Waals surface area contributed by atoms with Gasteiger partial charge in [0.15, 0.2) is 0 Å².